The number of nitrogen functional groups attached to an aromatic ring is 2. The third kappa shape index (κ3) is 5.20. The molecule has 0 aliphatic heterocycles. The number of furan rings is 1. The fourth-order valence-corrected chi connectivity index (χ4v) is 3.90. The molecule has 3 aromatic heterocycles. The van der Waals surface area contributed by atoms with Gasteiger partial charge in [0, 0.05) is 25.2 Å². The van der Waals surface area contributed by atoms with Crippen molar-refractivity contribution in [2.24, 2.45) is 0 Å². The van der Waals surface area contributed by atoms with Gasteiger partial charge in [-0.2, -0.15) is 9.50 Å². The van der Waals surface area contributed by atoms with E-state index in [1.54, 1.807) is 30.5 Å². The Kier molecular flexibility index (Phi) is 6.42. The van der Waals surface area contributed by atoms with Gasteiger partial charge in [0.05, 0.1) is 17.6 Å². The lowest BCUT2D eigenvalue weighted by molar-refractivity contribution is 0.102. The van der Waals surface area contributed by atoms with Crippen LogP contribution in [0.3, 0.4) is 0 Å². The molecule has 0 spiro atoms. The van der Waals surface area contributed by atoms with Crippen molar-refractivity contribution in [3.05, 3.63) is 83.9 Å². The Hall–Kier alpha value is -4.93. The Morgan fingerprint density at radius 1 is 1.11 bits per heavy atom. The number of halogens is 1. The number of rotatable bonds is 8. The van der Waals surface area contributed by atoms with Crippen molar-refractivity contribution in [2.75, 3.05) is 35.3 Å². The number of hydrogen-bond donors (Lipinski definition) is 3. The van der Waals surface area contributed by atoms with Crippen molar-refractivity contribution < 1.29 is 13.6 Å². The monoisotopic (exact) mass is 500 g/mol. The molecule has 5 aromatic rings. The summed E-state index contributed by atoms with van der Waals surface area (Å²) in [5.74, 6) is 1.16. The van der Waals surface area contributed by atoms with Crippen molar-refractivity contribution in [3.8, 4) is 11.6 Å². The lowest BCUT2D eigenvalue weighted by Gasteiger charge is -2.18. The van der Waals surface area contributed by atoms with Crippen LogP contribution in [0.5, 0.6) is 0 Å². The van der Waals surface area contributed by atoms with Gasteiger partial charge < -0.3 is 26.1 Å². The molecule has 11 heteroatoms. The molecule has 3 heterocycles. The molecule has 1 amide bonds. The van der Waals surface area contributed by atoms with Gasteiger partial charge in [-0.25, -0.2) is 9.37 Å². The predicted octanol–water partition coefficient (Wildman–Crippen LogP) is 4.01. The van der Waals surface area contributed by atoms with E-state index in [1.165, 1.54) is 22.7 Å². The van der Waals surface area contributed by atoms with Gasteiger partial charge >= 0.3 is 0 Å². The molecular formula is C26H25FN8O2. The van der Waals surface area contributed by atoms with Crippen LogP contribution in [0.15, 0.2) is 71.3 Å². The molecule has 0 saturated heterocycles. The van der Waals surface area contributed by atoms with Crippen LogP contribution in [-0.2, 0) is 6.42 Å². The summed E-state index contributed by atoms with van der Waals surface area (Å²) in [7, 11) is 1.94. The minimum atomic E-state index is -0.456. The molecular weight excluding hydrogens is 475 g/mol. The lowest BCUT2D eigenvalue weighted by Crippen LogP contribution is -2.21. The Bertz CT molecular complexity index is 1550. The van der Waals surface area contributed by atoms with Gasteiger partial charge in [-0.05, 0) is 60.9 Å². The molecule has 0 bridgehead atoms. The van der Waals surface area contributed by atoms with Crippen LogP contribution in [0.4, 0.5) is 27.5 Å². The second-order valence-electron chi connectivity index (χ2n) is 8.56. The van der Waals surface area contributed by atoms with E-state index in [1.807, 2.05) is 30.1 Å². The highest BCUT2D eigenvalue weighted by Crippen LogP contribution is 2.22. The van der Waals surface area contributed by atoms with Crippen LogP contribution in [0, 0.1) is 5.82 Å². The van der Waals surface area contributed by atoms with Crippen LogP contribution in [0.2, 0.25) is 0 Å². The normalized spacial score (nSPS) is 11.1. The van der Waals surface area contributed by atoms with Crippen LogP contribution in [0.1, 0.15) is 22.3 Å². The summed E-state index contributed by atoms with van der Waals surface area (Å²) in [4.78, 5) is 23.5. The van der Waals surface area contributed by atoms with Gasteiger partial charge in [-0.15, -0.1) is 5.10 Å². The average molecular weight is 501 g/mol. The zero-order valence-corrected chi connectivity index (χ0v) is 20.1. The van der Waals surface area contributed by atoms with Crippen molar-refractivity contribution in [2.45, 2.75) is 12.8 Å². The maximum absolute atomic E-state index is 13.2. The van der Waals surface area contributed by atoms with Gasteiger partial charge in [0.25, 0.3) is 5.91 Å². The number of aryl methyl sites for hydroxylation is 1. The van der Waals surface area contributed by atoms with E-state index in [0.29, 0.717) is 34.3 Å². The largest absolute Gasteiger partial charge is 0.461 e. The smallest absolute Gasteiger partial charge is 0.255 e. The fourth-order valence-electron chi connectivity index (χ4n) is 3.90. The molecule has 0 aliphatic rings. The van der Waals surface area contributed by atoms with Crippen LogP contribution < -0.4 is 21.7 Å². The van der Waals surface area contributed by atoms with Crippen LogP contribution >= 0.6 is 0 Å². The van der Waals surface area contributed by atoms with Crippen LogP contribution in [0.25, 0.3) is 17.2 Å². The molecule has 0 aliphatic carbocycles. The summed E-state index contributed by atoms with van der Waals surface area (Å²) >= 11 is 0. The van der Waals surface area contributed by atoms with Crippen LogP contribution in [-0.4, -0.2) is 39.1 Å². The van der Waals surface area contributed by atoms with Crippen molar-refractivity contribution in [1.82, 2.24) is 19.6 Å². The summed E-state index contributed by atoms with van der Waals surface area (Å²) in [6, 6.07) is 16.6. The maximum atomic E-state index is 13.2. The molecule has 0 fully saturated rings. The molecule has 5 N–H and O–H groups in total. The van der Waals surface area contributed by atoms with E-state index in [9.17, 15) is 9.18 Å². The third-order valence-corrected chi connectivity index (χ3v) is 5.91. The standard InChI is InChI=1S/C26H25FN8O2/c1-34(22-15-23-31-24(21-5-3-13-37-21)33-35(23)26(29)32-22)12-2-4-16-6-8-17(9-7-16)25(36)30-20-11-10-18(27)14-19(20)28/h3,5-11,13-15H,2,4,12,28H2,1H3,(H2,29,32)(H,30,36). The topological polar surface area (TPSA) is 141 Å². The highest BCUT2D eigenvalue weighted by Gasteiger charge is 2.14. The van der Waals surface area contributed by atoms with E-state index in [0.717, 1.165) is 24.9 Å². The summed E-state index contributed by atoms with van der Waals surface area (Å²) in [6.45, 7) is 0.730. The van der Waals surface area contributed by atoms with Gasteiger partial charge in [0.1, 0.15) is 11.6 Å². The first-order chi connectivity index (χ1) is 17.9. The van der Waals surface area contributed by atoms with E-state index in [2.05, 4.69) is 20.4 Å². The second-order valence-corrected chi connectivity index (χ2v) is 8.56. The zero-order chi connectivity index (χ0) is 25.9. The number of amides is 1. The molecule has 10 nitrogen and oxygen atoms in total. The van der Waals surface area contributed by atoms with Gasteiger partial charge in [-0.1, -0.05) is 12.1 Å². The third-order valence-electron chi connectivity index (χ3n) is 5.91. The molecule has 0 saturated carbocycles. The number of hydrogen-bond acceptors (Lipinski definition) is 8. The summed E-state index contributed by atoms with van der Waals surface area (Å²) in [5.41, 5.74) is 14.6. The second kappa shape index (κ2) is 9.97. The van der Waals surface area contributed by atoms with Gasteiger partial charge in [-0.3, -0.25) is 4.79 Å². The Morgan fingerprint density at radius 3 is 2.65 bits per heavy atom. The van der Waals surface area contributed by atoms with E-state index >= 15 is 0 Å². The lowest BCUT2D eigenvalue weighted by atomic mass is 10.1. The van der Waals surface area contributed by atoms with Crippen molar-refractivity contribution >= 4 is 34.7 Å². The van der Waals surface area contributed by atoms with E-state index < -0.39 is 5.82 Å². The van der Waals surface area contributed by atoms with E-state index in [-0.39, 0.29) is 17.5 Å². The van der Waals surface area contributed by atoms with E-state index in [4.69, 9.17) is 15.9 Å². The number of fused-ring (bicyclic) bond motifs is 1. The number of nitrogens with zero attached hydrogens (tertiary/aromatic N) is 5. The Labute approximate surface area is 211 Å². The maximum Gasteiger partial charge on any atom is 0.255 e. The molecule has 188 valence electrons. The first-order valence-electron chi connectivity index (χ1n) is 11.6. The fraction of sp³-hybridized carbons (Fsp3) is 0.154. The minimum absolute atomic E-state index is 0.173. The quantitative estimate of drug-likeness (QED) is 0.272. The molecule has 5 rings (SSSR count). The predicted molar refractivity (Wildman–Crippen MR) is 140 cm³/mol. The SMILES string of the molecule is CN(CCCc1ccc(C(=O)Nc2ccc(F)cc2N)cc1)c1cc2nc(-c3ccco3)nn2c(N)n1. The van der Waals surface area contributed by atoms with Crippen molar-refractivity contribution in [3.63, 3.8) is 0 Å². The summed E-state index contributed by atoms with van der Waals surface area (Å²) < 4.78 is 20.1. The first kappa shape index (κ1) is 23.8. The number of nitrogens with one attached hydrogen (secondary N) is 1. The minimum Gasteiger partial charge on any atom is -0.461 e. The van der Waals surface area contributed by atoms with Gasteiger partial charge in [0.15, 0.2) is 11.4 Å². The number of carbonyl (C=O) groups excluding carboxylic acids is 1. The average Bonchev–Trinajstić information content (AvgIpc) is 3.56. The van der Waals surface area contributed by atoms with Gasteiger partial charge in [0.2, 0.25) is 11.8 Å². The number of benzene rings is 2. The molecule has 0 atom stereocenters. The summed E-state index contributed by atoms with van der Waals surface area (Å²) in [5, 5.41) is 7.07. The number of anilines is 4. The zero-order valence-electron chi connectivity index (χ0n) is 20.1. The molecule has 0 unspecified atom stereocenters. The molecule has 2 aromatic carbocycles. The molecule has 0 radical (unpaired) electrons. The number of aromatic nitrogens is 4. The number of carbonyl (C=O) groups is 1. The first-order valence-corrected chi connectivity index (χ1v) is 11.6. The highest BCUT2D eigenvalue weighted by molar-refractivity contribution is 6.05. The number of nitrogens with two attached hydrogens (primary N) is 2. The molecule has 37 heavy (non-hydrogen) atoms. The summed E-state index contributed by atoms with van der Waals surface area (Å²) in [6.07, 6.45) is 3.22. The Balaban J connectivity index is 1.18. The highest BCUT2D eigenvalue weighted by atomic mass is 19.1. The Morgan fingerprint density at radius 2 is 1.92 bits per heavy atom. The van der Waals surface area contributed by atoms with Crippen molar-refractivity contribution in [1.29, 1.82) is 0 Å².